The number of nitrogens with two attached hydrogens (primary N) is 1. The molecule has 1 atom stereocenters. The Labute approximate surface area is 105 Å². The highest BCUT2D eigenvalue weighted by Gasteiger charge is 2.36. The molecule has 1 unspecified atom stereocenters. The predicted molar refractivity (Wildman–Crippen MR) is 59.3 cm³/mol. The molecule has 1 rings (SSSR count). The molecule has 0 aromatic heterocycles. The molecule has 0 saturated heterocycles. The van der Waals surface area contributed by atoms with Crippen LogP contribution in [0.15, 0.2) is 12.1 Å². The second-order valence-corrected chi connectivity index (χ2v) is 3.82. The van der Waals surface area contributed by atoms with Gasteiger partial charge in [0.2, 0.25) is 0 Å². The van der Waals surface area contributed by atoms with Crippen LogP contribution in [0.2, 0.25) is 0 Å². The fourth-order valence-electron chi connectivity index (χ4n) is 1.59. The van der Waals surface area contributed by atoms with Crippen LogP contribution in [0.3, 0.4) is 0 Å². The molecule has 1 aromatic rings. The van der Waals surface area contributed by atoms with E-state index in [2.05, 4.69) is 0 Å². The van der Waals surface area contributed by atoms with Crippen molar-refractivity contribution in [1.29, 1.82) is 0 Å². The number of alkyl halides is 3. The number of nitro groups is 1. The average molecular weight is 280 g/mol. The maximum Gasteiger partial charge on any atom is 0.418 e. The van der Waals surface area contributed by atoms with Gasteiger partial charge >= 0.3 is 6.18 Å². The van der Waals surface area contributed by atoms with Gasteiger partial charge in [-0.2, -0.15) is 13.2 Å². The number of nitro benzene ring substituents is 1. The monoisotopic (exact) mass is 280 g/mol. The Balaban J connectivity index is 3.40. The Kier molecular flexibility index (Phi) is 4.32. The molecular weight excluding hydrogens is 269 g/mol. The Bertz CT molecular complexity index is 490. The first kappa shape index (κ1) is 15.2. The number of rotatable bonds is 4. The second kappa shape index (κ2) is 5.41. The van der Waals surface area contributed by atoms with Crippen molar-refractivity contribution in [3.05, 3.63) is 33.4 Å². The van der Waals surface area contributed by atoms with E-state index in [9.17, 15) is 28.4 Å². The lowest BCUT2D eigenvalue weighted by molar-refractivity contribution is -0.385. The predicted octanol–water partition coefficient (Wildman–Crippen LogP) is 1.09. The first-order chi connectivity index (χ1) is 8.68. The number of halogens is 3. The van der Waals surface area contributed by atoms with Crippen molar-refractivity contribution in [2.45, 2.75) is 18.7 Å². The van der Waals surface area contributed by atoms with Gasteiger partial charge in [-0.1, -0.05) is 0 Å². The number of hydrogen-bond acceptors (Lipinski definition) is 5. The molecule has 0 aliphatic carbocycles. The molecule has 0 aliphatic heterocycles. The second-order valence-electron chi connectivity index (χ2n) is 3.82. The van der Waals surface area contributed by atoms with Crippen molar-refractivity contribution < 1.29 is 28.3 Å². The summed E-state index contributed by atoms with van der Waals surface area (Å²) in [5.41, 5.74) is 2.20. The van der Waals surface area contributed by atoms with Gasteiger partial charge in [0.25, 0.3) is 5.69 Å². The number of hydrogen-bond donors (Lipinski definition) is 3. The van der Waals surface area contributed by atoms with Crippen LogP contribution in [0.5, 0.6) is 0 Å². The fourth-order valence-corrected chi connectivity index (χ4v) is 1.59. The van der Waals surface area contributed by atoms with Gasteiger partial charge in [0.05, 0.1) is 34.4 Å². The third-order valence-corrected chi connectivity index (χ3v) is 2.48. The molecule has 1 aromatic carbocycles. The zero-order valence-electron chi connectivity index (χ0n) is 9.52. The molecule has 0 amide bonds. The molecule has 0 saturated carbocycles. The Hall–Kier alpha value is -1.87. The maximum absolute atomic E-state index is 12.6. The minimum atomic E-state index is -4.75. The Morgan fingerprint density at radius 2 is 2.00 bits per heavy atom. The van der Waals surface area contributed by atoms with E-state index in [4.69, 9.17) is 10.8 Å². The van der Waals surface area contributed by atoms with Crippen molar-refractivity contribution in [2.75, 3.05) is 12.3 Å². The van der Waals surface area contributed by atoms with Crippen molar-refractivity contribution in [3.8, 4) is 0 Å². The van der Waals surface area contributed by atoms with Crippen LogP contribution in [-0.2, 0) is 12.6 Å². The summed E-state index contributed by atoms with van der Waals surface area (Å²) in [5, 5.41) is 28.6. The molecule has 0 spiro atoms. The van der Waals surface area contributed by atoms with Gasteiger partial charge in [-0.25, -0.2) is 0 Å². The van der Waals surface area contributed by atoms with Gasteiger partial charge in [-0.15, -0.1) is 0 Å². The lowest BCUT2D eigenvalue weighted by Crippen LogP contribution is -2.19. The normalized spacial score (nSPS) is 13.3. The molecule has 6 nitrogen and oxygen atoms in total. The van der Waals surface area contributed by atoms with Crippen LogP contribution in [0, 0.1) is 10.1 Å². The van der Waals surface area contributed by atoms with Crippen LogP contribution in [0.1, 0.15) is 11.1 Å². The topological polar surface area (TPSA) is 110 Å². The van der Waals surface area contributed by atoms with E-state index >= 15 is 0 Å². The number of benzene rings is 1. The van der Waals surface area contributed by atoms with E-state index in [1.165, 1.54) is 0 Å². The van der Waals surface area contributed by atoms with Crippen LogP contribution in [0.25, 0.3) is 0 Å². The third-order valence-electron chi connectivity index (χ3n) is 2.48. The van der Waals surface area contributed by atoms with Gasteiger partial charge < -0.3 is 15.9 Å². The highest BCUT2D eigenvalue weighted by Crippen LogP contribution is 2.38. The van der Waals surface area contributed by atoms with Gasteiger partial charge in [-0.3, -0.25) is 10.1 Å². The van der Waals surface area contributed by atoms with Gasteiger partial charge in [-0.05, 0) is 6.07 Å². The van der Waals surface area contributed by atoms with Gasteiger partial charge in [0.1, 0.15) is 0 Å². The van der Waals surface area contributed by atoms with Crippen molar-refractivity contribution in [1.82, 2.24) is 0 Å². The average Bonchev–Trinajstić information content (AvgIpc) is 2.29. The smallest absolute Gasteiger partial charge is 0.398 e. The molecular formula is C10H11F3N2O4. The maximum atomic E-state index is 12.6. The lowest BCUT2D eigenvalue weighted by atomic mass is 9.99. The number of aliphatic hydroxyl groups is 2. The van der Waals surface area contributed by atoms with Crippen LogP contribution < -0.4 is 5.73 Å². The summed E-state index contributed by atoms with van der Waals surface area (Å²) in [6.07, 6.45) is -6.72. The fraction of sp³-hybridized carbons (Fsp3) is 0.400. The number of aliphatic hydroxyl groups excluding tert-OH is 2. The minimum absolute atomic E-state index is 0.443. The minimum Gasteiger partial charge on any atom is -0.398 e. The summed E-state index contributed by atoms with van der Waals surface area (Å²) in [6, 6.07) is 1.20. The van der Waals surface area contributed by atoms with E-state index in [0.717, 1.165) is 0 Å². The molecule has 19 heavy (non-hydrogen) atoms. The summed E-state index contributed by atoms with van der Waals surface area (Å²) >= 11 is 0. The van der Waals surface area contributed by atoms with Crippen molar-refractivity contribution >= 4 is 11.4 Å². The summed E-state index contributed by atoms with van der Waals surface area (Å²) in [4.78, 5) is 9.84. The molecule has 0 aliphatic rings. The van der Waals surface area contributed by atoms with E-state index in [0.29, 0.717) is 12.1 Å². The molecule has 0 radical (unpaired) electrons. The zero-order valence-corrected chi connectivity index (χ0v) is 9.52. The number of nitrogen functional groups attached to an aromatic ring is 1. The highest BCUT2D eigenvalue weighted by molar-refractivity contribution is 5.63. The van der Waals surface area contributed by atoms with Crippen molar-refractivity contribution in [2.24, 2.45) is 0 Å². The summed E-state index contributed by atoms with van der Waals surface area (Å²) in [5.74, 6) is 0. The molecule has 106 valence electrons. The number of nitrogens with zero attached hydrogens (tertiary/aromatic N) is 1. The molecule has 9 heteroatoms. The first-order valence-electron chi connectivity index (χ1n) is 5.10. The summed E-state index contributed by atoms with van der Waals surface area (Å²) < 4.78 is 37.9. The first-order valence-corrected chi connectivity index (χ1v) is 5.10. The molecule has 0 heterocycles. The number of anilines is 1. The quantitative estimate of drug-likeness (QED) is 0.434. The molecule has 0 bridgehead atoms. The Morgan fingerprint density at radius 1 is 1.42 bits per heavy atom. The van der Waals surface area contributed by atoms with E-state index < -0.39 is 52.7 Å². The summed E-state index contributed by atoms with van der Waals surface area (Å²) in [6.45, 7) is -0.743. The van der Waals surface area contributed by atoms with E-state index in [1.54, 1.807) is 0 Å². The van der Waals surface area contributed by atoms with Crippen molar-refractivity contribution in [3.63, 3.8) is 0 Å². The largest absolute Gasteiger partial charge is 0.418 e. The lowest BCUT2D eigenvalue weighted by Gasteiger charge is -2.15. The molecule has 4 N–H and O–H groups in total. The van der Waals surface area contributed by atoms with E-state index in [1.807, 2.05) is 0 Å². The highest BCUT2D eigenvalue weighted by atomic mass is 19.4. The summed E-state index contributed by atoms with van der Waals surface area (Å²) in [7, 11) is 0. The SMILES string of the molecule is Nc1c(C(F)(F)F)ccc([N+](=O)[O-])c1CC(O)CO. The Morgan fingerprint density at radius 3 is 2.42 bits per heavy atom. The zero-order chi connectivity index (χ0) is 14.8. The van der Waals surface area contributed by atoms with Crippen LogP contribution in [-0.4, -0.2) is 27.8 Å². The molecule has 0 fully saturated rings. The van der Waals surface area contributed by atoms with Crippen LogP contribution >= 0.6 is 0 Å². The third kappa shape index (κ3) is 3.32. The van der Waals surface area contributed by atoms with E-state index in [-0.39, 0.29) is 0 Å². The van der Waals surface area contributed by atoms with Gasteiger partial charge in [0.15, 0.2) is 0 Å². The standard InChI is InChI=1S/C10H11F3N2O4/c11-10(12,13)7-1-2-8(15(18)19)6(9(7)14)3-5(17)4-16/h1-2,5,16-17H,3-4,14H2. The van der Waals surface area contributed by atoms with Gasteiger partial charge in [0, 0.05) is 12.5 Å². The van der Waals surface area contributed by atoms with Crippen LogP contribution in [0.4, 0.5) is 24.5 Å².